The minimum atomic E-state index is -6.36. The molecule has 0 atom stereocenters. The molecule has 0 aliphatic rings. The van der Waals surface area contributed by atoms with Crippen LogP contribution in [-0.4, -0.2) is 32.8 Å². The zero-order valence-corrected chi connectivity index (χ0v) is 31.0. The number of rotatable bonds is 8. The molecule has 0 bridgehead atoms. The largest absolute Gasteiger partial charge is 0.534 e. The van der Waals surface area contributed by atoms with Crippen LogP contribution in [0.15, 0.2) is 152 Å². The summed E-state index contributed by atoms with van der Waals surface area (Å²) in [5.41, 5.74) is -8.46. The number of halogens is 6. The fraction of sp³-hybridized carbons (Fsp3) is 0.0465. The van der Waals surface area contributed by atoms with E-state index in [-0.39, 0.29) is 11.1 Å². The molecule has 0 radical (unpaired) electrons. The number of pyridine rings is 1. The normalized spacial score (nSPS) is 12.6. The van der Waals surface area contributed by atoms with Crippen LogP contribution < -0.4 is 8.37 Å². The van der Waals surface area contributed by atoms with Crippen LogP contribution in [0.3, 0.4) is 0 Å². The Hall–Kier alpha value is -6.45. The Balaban J connectivity index is 1.37. The van der Waals surface area contributed by atoms with Crippen LogP contribution in [-0.2, 0) is 20.2 Å². The second-order valence-corrected chi connectivity index (χ2v) is 16.1. The highest BCUT2D eigenvalue weighted by Crippen LogP contribution is 2.44. The Morgan fingerprint density at radius 1 is 0.397 bits per heavy atom. The molecule has 1 heterocycles. The molecule has 7 nitrogen and oxygen atoms in total. The van der Waals surface area contributed by atoms with Crippen molar-refractivity contribution >= 4 is 52.6 Å². The average molecular weight is 830 g/mol. The summed E-state index contributed by atoms with van der Waals surface area (Å²) in [4.78, 5) is 4.73. The van der Waals surface area contributed by atoms with E-state index >= 15 is 0 Å². The standard InChI is InChI=1S/C43H25F6NO6S2/c44-42(45,46)57(51,52)55-29-20-28(21-30(23-29)56-58(53,54)43(47,48)49)31-12-4-5-13-32(31)40-25-50-41(26-10-2-1-3-11-26)24-38(40)27-18-19-37-35-16-7-6-14-33(35)34-15-8-9-17-36(34)39(37)22-27/h1-25H. The van der Waals surface area contributed by atoms with E-state index in [0.29, 0.717) is 28.5 Å². The van der Waals surface area contributed by atoms with Gasteiger partial charge in [0.25, 0.3) is 0 Å². The number of aromatic nitrogens is 1. The van der Waals surface area contributed by atoms with Crippen LogP contribution in [0.5, 0.6) is 11.5 Å². The van der Waals surface area contributed by atoms with E-state index < -0.39 is 42.8 Å². The zero-order valence-electron chi connectivity index (χ0n) is 29.4. The molecule has 1 aromatic heterocycles. The van der Waals surface area contributed by atoms with Crippen LogP contribution in [0.2, 0.25) is 0 Å². The van der Waals surface area contributed by atoms with Gasteiger partial charge in [0, 0.05) is 23.4 Å². The molecule has 0 aliphatic carbocycles. The first-order valence-corrected chi connectivity index (χ1v) is 20.0. The summed E-state index contributed by atoms with van der Waals surface area (Å²) in [7, 11) is -12.7. The average Bonchev–Trinajstić information content (AvgIpc) is 3.19. The lowest BCUT2D eigenvalue weighted by molar-refractivity contribution is -0.0502. The molecule has 0 amide bonds. The Bertz CT molecular complexity index is 3040. The number of alkyl halides is 6. The van der Waals surface area contributed by atoms with Crippen LogP contribution in [0.25, 0.3) is 77.0 Å². The maximum atomic E-state index is 13.4. The van der Waals surface area contributed by atoms with E-state index in [0.717, 1.165) is 55.6 Å². The second kappa shape index (κ2) is 14.2. The smallest absolute Gasteiger partial charge is 0.376 e. The molecule has 0 unspecified atom stereocenters. The van der Waals surface area contributed by atoms with Crippen LogP contribution >= 0.6 is 0 Å². The summed E-state index contributed by atoms with van der Waals surface area (Å²) in [6.45, 7) is 0. The van der Waals surface area contributed by atoms with Gasteiger partial charge in [-0.2, -0.15) is 43.2 Å². The highest BCUT2D eigenvalue weighted by molar-refractivity contribution is 7.88. The number of hydrogen-bond acceptors (Lipinski definition) is 7. The summed E-state index contributed by atoms with van der Waals surface area (Å²) in [5, 5.41) is 6.06. The van der Waals surface area contributed by atoms with E-state index in [1.807, 2.05) is 97.1 Å². The van der Waals surface area contributed by atoms with Crippen molar-refractivity contribution in [1.82, 2.24) is 4.98 Å². The molecule has 0 saturated carbocycles. The van der Waals surface area contributed by atoms with Gasteiger partial charge in [-0.05, 0) is 84.4 Å². The van der Waals surface area contributed by atoms with Crippen molar-refractivity contribution in [2.45, 2.75) is 11.0 Å². The van der Waals surface area contributed by atoms with E-state index in [4.69, 9.17) is 4.98 Å². The molecule has 7 aromatic carbocycles. The summed E-state index contributed by atoms with van der Waals surface area (Å²) in [5.74, 6) is -2.33. The molecule has 15 heteroatoms. The molecule has 0 N–H and O–H groups in total. The lowest BCUT2D eigenvalue weighted by Gasteiger charge is -2.18. The van der Waals surface area contributed by atoms with Gasteiger partial charge in [-0.1, -0.05) is 115 Å². The first kappa shape index (κ1) is 38.4. The first-order chi connectivity index (χ1) is 27.5. The highest BCUT2D eigenvalue weighted by Gasteiger charge is 2.50. The summed E-state index contributed by atoms with van der Waals surface area (Å²) >= 11 is 0. The van der Waals surface area contributed by atoms with Gasteiger partial charge < -0.3 is 8.37 Å². The fourth-order valence-electron chi connectivity index (χ4n) is 6.89. The Labute approximate surface area is 327 Å². The van der Waals surface area contributed by atoms with Gasteiger partial charge in [-0.15, -0.1) is 0 Å². The minimum Gasteiger partial charge on any atom is -0.376 e. The quantitative estimate of drug-likeness (QED) is 0.0651. The number of hydrogen-bond donors (Lipinski definition) is 0. The van der Waals surface area contributed by atoms with E-state index in [1.54, 1.807) is 18.3 Å². The molecule has 0 aliphatic heterocycles. The Kier molecular flexibility index (Phi) is 9.40. The SMILES string of the molecule is O=S(=O)(Oc1cc(OS(=O)(=O)C(F)(F)F)cc(-c2ccccc2-c2cnc(-c3ccccc3)cc2-c2ccc3c4ccccc4c4ccccc4c3c2)c1)C(F)(F)F. The van der Waals surface area contributed by atoms with E-state index in [1.165, 1.54) is 12.1 Å². The third kappa shape index (κ3) is 7.07. The maximum absolute atomic E-state index is 13.4. The zero-order chi connectivity index (χ0) is 41.0. The lowest BCUT2D eigenvalue weighted by atomic mass is 9.87. The molecule has 8 aromatic rings. The maximum Gasteiger partial charge on any atom is 0.534 e. The van der Waals surface area contributed by atoms with Crippen LogP contribution in [0.1, 0.15) is 0 Å². The van der Waals surface area contributed by atoms with Crippen molar-refractivity contribution in [3.63, 3.8) is 0 Å². The van der Waals surface area contributed by atoms with Crippen molar-refractivity contribution in [1.29, 1.82) is 0 Å². The van der Waals surface area contributed by atoms with Gasteiger partial charge >= 0.3 is 31.3 Å². The molecule has 58 heavy (non-hydrogen) atoms. The van der Waals surface area contributed by atoms with Gasteiger partial charge in [0.1, 0.15) is 11.5 Å². The lowest BCUT2D eigenvalue weighted by Crippen LogP contribution is -2.29. The fourth-order valence-corrected chi connectivity index (χ4v) is 7.78. The van der Waals surface area contributed by atoms with Crippen molar-refractivity contribution in [2.75, 3.05) is 0 Å². The van der Waals surface area contributed by atoms with Crippen molar-refractivity contribution in [2.24, 2.45) is 0 Å². The summed E-state index contributed by atoms with van der Waals surface area (Å²) in [6.07, 6.45) is 1.57. The Morgan fingerprint density at radius 2 is 0.862 bits per heavy atom. The van der Waals surface area contributed by atoms with Crippen LogP contribution in [0.4, 0.5) is 26.3 Å². The number of benzene rings is 7. The third-order valence-corrected chi connectivity index (χ3v) is 11.4. The highest BCUT2D eigenvalue weighted by atomic mass is 32.2. The minimum absolute atomic E-state index is 0.124. The molecule has 0 spiro atoms. The molecule has 0 saturated heterocycles. The predicted octanol–water partition coefficient (Wildman–Crippen LogP) is 11.7. The van der Waals surface area contributed by atoms with Gasteiger partial charge in [0.15, 0.2) is 0 Å². The summed E-state index contributed by atoms with van der Waals surface area (Å²) in [6, 6.07) is 41.3. The van der Waals surface area contributed by atoms with E-state index in [2.05, 4.69) is 14.4 Å². The topological polar surface area (TPSA) is 99.6 Å². The van der Waals surface area contributed by atoms with Gasteiger partial charge in [-0.25, -0.2) is 0 Å². The van der Waals surface area contributed by atoms with E-state index in [9.17, 15) is 43.2 Å². The third-order valence-electron chi connectivity index (χ3n) is 9.42. The Morgan fingerprint density at radius 3 is 1.40 bits per heavy atom. The molecule has 8 rings (SSSR count). The summed E-state index contributed by atoms with van der Waals surface area (Å²) < 4.78 is 137. The number of fused-ring (bicyclic) bond motifs is 6. The monoisotopic (exact) mass is 829 g/mol. The van der Waals surface area contributed by atoms with Gasteiger partial charge in [0.05, 0.1) is 5.69 Å². The van der Waals surface area contributed by atoms with Crippen molar-refractivity contribution < 1.29 is 51.5 Å². The van der Waals surface area contributed by atoms with Gasteiger partial charge in [-0.3, -0.25) is 4.98 Å². The molecular weight excluding hydrogens is 805 g/mol. The van der Waals surface area contributed by atoms with Gasteiger partial charge in [0.2, 0.25) is 0 Å². The number of nitrogens with zero attached hydrogens (tertiary/aromatic N) is 1. The van der Waals surface area contributed by atoms with Crippen molar-refractivity contribution in [3.8, 4) is 56.1 Å². The molecular formula is C43H25F6NO6S2. The molecule has 0 fully saturated rings. The molecule has 292 valence electrons. The second-order valence-electron chi connectivity index (χ2n) is 13.0. The van der Waals surface area contributed by atoms with Crippen LogP contribution in [0, 0.1) is 0 Å². The predicted molar refractivity (Wildman–Crippen MR) is 210 cm³/mol. The van der Waals surface area contributed by atoms with Crippen molar-refractivity contribution in [3.05, 3.63) is 152 Å². The first-order valence-electron chi connectivity index (χ1n) is 17.2.